The van der Waals surface area contributed by atoms with Crippen LogP contribution in [0.15, 0.2) is 117 Å². The zero-order chi connectivity index (χ0) is 31.3. The zero-order valence-corrected chi connectivity index (χ0v) is 24.2. The summed E-state index contributed by atoms with van der Waals surface area (Å²) >= 11 is 0. The summed E-state index contributed by atoms with van der Waals surface area (Å²) in [5.41, 5.74) is 0. The molecule has 15 heteroatoms. The number of benzene rings is 4. The number of aliphatic hydroxyl groups is 1. The maximum atomic E-state index is 12.9. The first kappa shape index (κ1) is 30.2. The van der Waals surface area contributed by atoms with E-state index >= 15 is 0 Å². The van der Waals surface area contributed by atoms with Crippen LogP contribution in [0.4, 0.5) is 5.95 Å². The lowest BCUT2D eigenvalue weighted by atomic mass is 10.3. The van der Waals surface area contributed by atoms with Gasteiger partial charge in [-0.05, 0) is 97.1 Å². The van der Waals surface area contributed by atoms with Gasteiger partial charge in [0.15, 0.2) is 0 Å². The van der Waals surface area contributed by atoms with Crippen LogP contribution in [-0.2, 0) is 19.7 Å². The average Bonchev–Trinajstić information content (AvgIpc) is 3.01. The van der Waals surface area contributed by atoms with E-state index in [1.165, 1.54) is 97.1 Å². The van der Waals surface area contributed by atoms with Crippen LogP contribution in [0.3, 0.4) is 0 Å². The van der Waals surface area contributed by atoms with Gasteiger partial charge in [0.05, 0.1) is 26.2 Å². The Kier molecular flexibility index (Phi) is 8.61. The first-order valence-corrected chi connectivity index (χ1v) is 15.8. The maximum Gasteiger partial charge on any atom is 0.330 e. The lowest BCUT2D eigenvalue weighted by molar-refractivity contribution is 0.310. The molecule has 4 aromatic carbocycles. The van der Waals surface area contributed by atoms with E-state index < -0.39 is 19.7 Å². The molecule has 0 fully saturated rings. The Balaban J connectivity index is 1.35. The largest absolute Gasteiger partial charge is 0.508 e. The van der Waals surface area contributed by atoms with Crippen LogP contribution in [-0.4, -0.2) is 60.3 Å². The van der Waals surface area contributed by atoms with Crippen molar-refractivity contribution in [1.29, 1.82) is 0 Å². The third kappa shape index (κ3) is 6.86. The molecule has 0 radical (unpaired) electrons. The van der Waals surface area contributed by atoms with Gasteiger partial charge in [-0.1, -0.05) is 0 Å². The van der Waals surface area contributed by atoms with Crippen LogP contribution >= 0.6 is 0 Å². The second-order valence-electron chi connectivity index (χ2n) is 9.02. The summed E-state index contributed by atoms with van der Waals surface area (Å²) in [6, 6.07) is 20.9. The van der Waals surface area contributed by atoms with Crippen molar-refractivity contribution in [3.05, 3.63) is 97.1 Å². The van der Waals surface area contributed by atoms with E-state index in [2.05, 4.69) is 20.3 Å². The van der Waals surface area contributed by atoms with Crippen molar-refractivity contribution in [2.24, 2.45) is 0 Å². The van der Waals surface area contributed by atoms with E-state index in [1.54, 1.807) is 0 Å². The van der Waals surface area contributed by atoms with Crippen molar-refractivity contribution in [2.45, 2.75) is 19.6 Å². The molecule has 0 aliphatic rings. The van der Waals surface area contributed by atoms with Gasteiger partial charge in [0.2, 0.25) is 25.6 Å². The fourth-order valence-corrected chi connectivity index (χ4v) is 6.31. The molecule has 226 valence electrons. The molecule has 0 atom stereocenters. The van der Waals surface area contributed by atoms with Crippen molar-refractivity contribution in [2.75, 3.05) is 18.5 Å². The van der Waals surface area contributed by atoms with Crippen molar-refractivity contribution in [3.63, 3.8) is 0 Å². The molecule has 1 heterocycles. The summed E-state index contributed by atoms with van der Waals surface area (Å²) in [5.74, 6) is 0.290. The minimum atomic E-state index is -3.84. The topological polar surface area (TPSA) is 198 Å². The summed E-state index contributed by atoms with van der Waals surface area (Å²) in [5, 5.41) is 30.9. The molecule has 0 spiro atoms. The second kappa shape index (κ2) is 12.5. The maximum absolute atomic E-state index is 12.9. The van der Waals surface area contributed by atoms with Gasteiger partial charge in [-0.3, -0.25) is 0 Å². The fourth-order valence-electron chi connectivity index (χ4n) is 3.78. The molecule has 13 nitrogen and oxygen atoms in total. The van der Waals surface area contributed by atoms with Crippen molar-refractivity contribution < 1.29 is 41.6 Å². The Hall–Kier alpha value is -5.25. The van der Waals surface area contributed by atoms with Crippen molar-refractivity contribution in [3.8, 4) is 35.0 Å². The van der Waals surface area contributed by atoms with E-state index in [0.29, 0.717) is 0 Å². The number of aromatic hydroxyl groups is 2. The number of nitrogens with zero attached hydrogens (tertiary/aromatic N) is 3. The number of hydrogen-bond donors (Lipinski definition) is 4. The van der Waals surface area contributed by atoms with Gasteiger partial charge >= 0.3 is 12.0 Å². The quantitative estimate of drug-likeness (QED) is 0.163. The number of hydrogen-bond acceptors (Lipinski definition) is 13. The molecule has 5 rings (SSSR count). The van der Waals surface area contributed by atoms with E-state index in [0.717, 1.165) is 0 Å². The van der Waals surface area contributed by atoms with Gasteiger partial charge in [-0.2, -0.15) is 9.97 Å². The molecule has 0 saturated carbocycles. The van der Waals surface area contributed by atoms with Gasteiger partial charge in [-0.25, -0.2) is 16.8 Å². The summed E-state index contributed by atoms with van der Waals surface area (Å²) < 4.78 is 63.0. The first-order chi connectivity index (χ1) is 21.0. The lowest BCUT2D eigenvalue weighted by Gasteiger charge is -2.11. The monoisotopic (exact) mass is 636 g/mol. The molecule has 0 unspecified atom stereocenters. The smallest absolute Gasteiger partial charge is 0.330 e. The number of phenolic OH excluding ortho intramolecular Hbond substituents is 2. The molecule has 44 heavy (non-hydrogen) atoms. The van der Waals surface area contributed by atoms with Crippen LogP contribution in [0.2, 0.25) is 0 Å². The molecule has 4 N–H and O–H groups in total. The molecular weight excluding hydrogens is 612 g/mol. The number of ether oxygens (including phenoxy) is 2. The number of sulfone groups is 2. The molecule has 0 aliphatic carbocycles. The highest BCUT2D eigenvalue weighted by atomic mass is 32.2. The molecule has 0 amide bonds. The Morgan fingerprint density at radius 1 is 0.545 bits per heavy atom. The summed E-state index contributed by atoms with van der Waals surface area (Å²) in [6.07, 6.45) is 0. The van der Waals surface area contributed by atoms with Gasteiger partial charge < -0.3 is 30.1 Å². The number of aromatic nitrogens is 3. The fraction of sp³-hybridized carbons (Fsp3) is 0.0690. The first-order valence-electron chi connectivity index (χ1n) is 12.8. The normalized spacial score (nSPS) is 11.6. The summed E-state index contributed by atoms with van der Waals surface area (Å²) in [4.78, 5) is 12.4. The van der Waals surface area contributed by atoms with Crippen molar-refractivity contribution >= 4 is 25.6 Å². The van der Waals surface area contributed by atoms with E-state index in [4.69, 9.17) is 9.47 Å². The highest BCUT2D eigenvalue weighted by molar-refractivity contribution is 7.91. The van der Waals surface area contributed by atoms with E-state index in [-0.39, 0.29) is 73.7 Å². The van der Waals surface area contributed by atoms with Crippen LogP contribution in [0.1, 0.15) is 0 Å². The highest BCUT2D eigenvalue weighted by Crippen LogP contribution is 2.29. The molecular formula is C29H24N4O9S2. The zero-order valence-electron chi connectivity index (χ0n) is 22.6. The van der Waals surface area contributed by atoms with Crippen LogP contribution in [0.25, 0.3) is 0 Å². The number of aliphatic hydroxyl groups excluding tert-OH is 1. The van der Waals surface area contributed by atoms with Crippen LogP contribution in [0, 0.1) is 0 Å². The predicted octanol–water partition coefficient (Wildman–Crippen LogP) is 3.94. The van der Waals surface area contributed by atoms with Gasteiger partial charge in [-0.15, -0.1) is 4.98 Å². The van der Waals surface area contributed by atoms with Crippen LogP contribution < -0.4 is 14.8 Å². The molecule has 0 saturated heterocycles. The Labute approximate surface area is 251 Å². The Bertz CT molecular complexity index is 1830. The van der Waals surface area contributed by atoms with Gasteiger partial charge in [0.1, 0.15) is 23.0 Å². The molecule has 0 bridgehead atoms. The molecule has 0 aliphatic heterocycles. The third-order valence-electron chi connectivity index (χ3n) is 5.97. The number of nitrogens with one attached hydrogen (secondary N) is 1. The van der Waals surface area contributed by atoms with E-state index in [1.807, 2.05) is 0 Å². The summed E-state index contributed by atoms with van der Waals surface area (Å²) in [7, 11) is -7.69. The number of phenols is 2. The SMILES string of the molecule is O=S(=O)(c1ccc(O)cc1)c1ccc(Oc2nc(NCCO)nc(Oc3ccc(S(=O)(=O)c4ccc(O)cc4)cc3)n2)cc1. The molecule has 5 aromatic rings. The average molecular weight is 637 g/mol. The van der Waals surface area contributed by atoms with Crippen LogP contribution in [0.5, 0.6) is 35.0 Å². The number of rotatable bonds is 11. The predicted molar refractivity (Wildman–Crippen MR) is 156 cm³/mol. The van der Waals surface area contributed by atoms with Crippen molar-refractivity contribution in [1.82, 2.24) is 15.0 Å². The minimum Gasteiger partial charge on any atom is -0.508 e. The minimum absolute atomic E-state index is 0.00335. The lowest BCUT2D eigenvalue weighted by Crippen LogP contribution is -2.10. The standard InChI is InChI=1S/C29H24N4O9S2/c34-18-17-30-27-31-28(41-21-5-13-25(14-6-21)43(37,38)23-9-1-19(35)2-10-23)33-29(32-27)42-22-7-15-26(16-8-22)44(39,40)24-11-3-20(36)4-12-24/h1-16,34-36H,17-18H2,(H,30,31,32,33). The number of anilines is 1. The highest BCUT2D eigenvalue weighted by Gasteiger charge is 2.20. The Morgan fingerprint density at radius 3 is 1.23 bits per heavy atom. The summed E-state index contributed by atoms with van der Waals surface area (Å²) in [6.45, 7) is -0.109. The Morgan fingerprint density at radius 2 is 0.886 bits per heavy atom. The van der Waals surface area contributed by atoms with Gasteiger partial charge in [0.25, 0.3) is 0 Å². The van der Waals surface area contributed by atoms with Gasteiger partial charge in [0, 0.05) is 6.54 Å². The third-order valence-corrected chi connectivity index (χ3v) is 9.54. The van der Waals surface area contributed by atoms with E-state index in [9.17, 15) is 32.2 Å². The second-order valence-corrected chi connectivity index (χ2v) is 12.9. The molecule has 1 aromatic heterocycles.